The Morgan fingerprint density at radius 3 is 2.86 bits per heavy atom. The molecule has 0 bridgehead atoms. The zero-order valence-electron chi connectivity index (χ0n) is 7.53. The minimum Gasteiger partial charge on any atom is -0.383 e. The second-order valence-corrected chi connectivity index (χ2v) is 2.90. The van der Waals surface area contributed by atoms with Gasteiger partial charge in [0.1, 0.15) is 11.9 Å². The van der Waals surface area contributed by atoms with Crippen LogP contribution in [0.5, 0.6) is 0 Å². The molecule has 1 aromatic carbocycles. The highest BCUT2D eigenvalue weighted by Crippen LogP contribution is 2.08. The lowest BCUT2D eigenvalue weighted by Gasteiger charge is -2.09. The van der Waals surface area contributed by atoms with Gasteiger partial charge in [0.05, 0.1) is 0 Å². The van der Waals surface area contributed by atoms with E-state index in [1.54, 1.807) is 12.1 Å². The molecule has 1 amide bonds. The molecule has 1 rings (SSSR count). The van der Waals surface area contributed by atoms with E-state index in [1.165, 1.54) is 12.1 Å². The molecule has 5 N–H and O–H groups in total. The van der Waals surface area contributed by atoms with Crippen LogP contribution in [-0.4, -0.2) is 18.5 Å². The van der Waals surface area contributed by atoms with Crippen LogP contribution in [0.15, 0.2) is 24.3 Å². The Morgan fingerprint density at radius 2 is 2.29 bits per heavy atom. The maximum Gasteiger partial charge on any atom is 0.236 e. The Morgan fingerprint density at radius 1 is 1.57 bits per heavy atom. The Bertz CT molecular complexity index is 330. The lowest BCUT2D eigenvalue weighted by Crippen LogP contribution is -2.41. The number of benzene rings is 1. The third kappa shape index (κ3) is 3.02. The first-order valence-corrected chi connectivity index (χ1v) is 4.14. The Balaban J connectivity index is 2.49. The van der Waals surface area contributed by atoms with Gasteiger partial charge in [-0.25, -0.2) is 4.39 Å². The summed E-state index contributed by atoms with van der Waals surface area (Å²) in [7, 11) is 0. The minimum absolute atomic E-state index is 0.193. The lowest BCUT2D eigenvalue weighted by molar-refractivity contribution is -0.118. The summed E-state index contributed by atoms with van der Waals surface area (Å²) < 4.78 is 12.7. The predicted molar refractivity (Wildman–Crippen MR) is 52.1 cm³/mol. The first kappa shape index (κ1) is 10.5. The number of carbonyl (C=O) groups excluding carboxylic acids is 1. The molecule has 4 nitrogen and oxygen atoms in total. The normalized spacial score (nSPS) is 12.1. The summed E-state index contributed by atoms with van der Waals surface area (Å²) in [6.07, 6.45) is 0. The highest BCUT2D eigenvalue weighted by Gasteiger charge is 2.07. The Kier molecular flexibility index (Phi) is 3.41. The molecule has 76 valence electrons. The van der Waals surface area contributed by atoms with Crippen LogP contribution in [0.2, 0.25) is 0 Å². The first-order valence-electron chi connectivity index (χ1n) is 4.14. The average Bonchev–Trinajstić information content (AvgIpc) is 2.14. The van der Waals surface area contributed by atoms with Crippen LogP contribution in [0.4, 0.5) is 10.1 Å². The number of anilines is 1. The topological polar surface area (TPSA) is 81.1 Å². The lowest BCUT2D eigenvalue weighted by atomic mass is 10.2. The highest BCUT2D eigenvalue weighted by molar-refractivity contribution is 5.80. The maximum atomic E-state index is 12.7. The standard InChI is InChI=1S/C9H12FN3O/c10-6-2-1-3-7(4-6)13-5-8(11)9(12)14/h1-4,8,13H,5,11H2,(H2,12,14). The molecule has 0 spiro atoms. The van der Waals surface area contributed by atoms with Gasteiger partial charge in [0, 0.05) is 12.2 Å². The SMILES string of the molecule is NC(=O)C(N)CNc1cccc(F)c1. The van der Waals surface area contributed by atoms with Crippen LogP contribution < -0.4 is 16.8 Å². The second-order valence-electron chi connectivity index (χ2n) is 2.90. The fourth-order valence-electron chi connectivity index (χ4n) is 0.927. The fourth-order valence-corrected chi connectivity index (χ4v) is 0.927. The van der Waals surface area contributed by atoms with Gasteiger partial charge in [0.25, 0.3) is 0 Å². The van der Waals surface area contributed by atoms with Crippen LogP contribution in [-0.2, 0) is 4.79 Å². The van der Waals surface area contributed by atoms with Crippen LogP contribution in [0.1, 0.15) is 0 Å². The monoisotopic (exact) mass is 197 g/mol. The van der Waals surface area contributed by atoms with Crippen molar-refractivity contribution in [2.24, 2.45) is 11.5 Å². The van der Waals surface area contributed by atoms with Crippen LogP contribution in [0.25, 0.3) is 0 Å². The van der Waals surface area contributed by atoms with Crippen molar-refractivity contribution in [3.05, 3.63) is 30.1 Å². The Hall–Kier alpha value is -1.62. The van der Waals surface area contributed by atoms with Crippen LogP contribution in [0.3, 0.4) is 0 Å². The molecule has 14 heavy (non-hydrogen) atoms. The molecule has 0 saturated carbocycles. The molecule has 0 aliphatic heterocycles. The summed E-state index contributed by atoms with van der Waals surface area (Å²) in [5.41, 5.74) is 10.9. The van der Waals surface area contributed by atoms with Gasteiger partial charge in [-0.1, -0.05) is 6.07 Å². The Labute approximate surface area is 81.1 Å². The van der Waals surface area contributed by atoms with Gasteiger partial charge in [-0.2, -0.15) is 0 Å². The number of hydrogen-bond donors (Lipinski definition) is 3. The number of nitrogens with one attached hydrogen (secondary N) is 1. The molecule has 0 radical (unpaired) electrons. The number of rotatable bonds is 4. The van der Waals surface area contributed by atoms with E-state index in [2.05, 4.69) is 5.32 Å². The number of amides is 1. The van der Waals surface area contributed by atoms with E-state index in [0.29, 0.717) is 5.69 Å². The molecule has 0 heterocycles. The molecule has 0 aromatic heterocycles. The van der Waals surface area contributed by atoms with Crippen molar-refractivity contribution in [3.63, 3.8) is 0 Å². The largest absolute Gasteiger partial charge is 0.383 e. The third-order valence-corrected chi connectivity index (χ3v) is 1.72. The quantitative estimate of drug-likeness (QED) is 0.638. The number of hydrogen-bond acceptors (Lipinski definition) is 3. The van der Waals surface area contributed by atoms with E-state index in [9.17, 15) is 9.18 Å². The summed E-state index contributed by atoms with van der Waals surface area (Å²) >= 11 is 0. The molecule has 0 fully saturated rings. The number of nitrogens with two attached hydrogens (primary N) is 2. The van der Waals surface area contributed by atoms with Gasteiger partial charge >= 0.3 is 0 Å². The van der Waals surface area contributed by atoms with Crippen molar-refractivity contribution in [2.75, 3.05) is 11.9 Å². The second kappa shape index (κ2) is 4.57. The van der Waals surface area contributed by atoms with E-state index in [0.717, 1.165) is 0 Å². The van der Waals surface area contributed by atoms with E-state index in [-0.39, 0.29) is 12.4 Å². The van der Waals surface area contributed by atoms with Crippen molar-refractivity contribution < 1.29 is 9.18 Å². The van der Waals surface area contributed by atoms with Gasteiger partial charge in [-0.3, -0.25) is 4.79 Å². The smallest absolute Gasteiger partial charge is 0.236 e. The van der Waals surface area contributed by atoms with Crippen molar-refractivity contribution >= 4 is 11.6 Å². The van der Waals surface area contributed by atoms with Crippen molar-refractivity contribution in [2.45, 2.75) is 6.04 Å². The molecule has 0 aliphatic carbocycles. The summed E-state index contributed by atoms with van der Waals surface area (Å²) in [6.45, 7) is 0.193. The third-order valence-electron chi connectivity index (χ3n) is 1.72. The van der Waals surface area contributed by atoms with Gasteiger partial charge in [0.2, 0.25) is 5.91 Å². The van der Waals surface area contributed by atoms with Gasteiger partial charge in [-0.05, 0) is 18.2 Å². The van der Waals surface area contributed by atoms with Crippen molar-refractivity contribution in [1.29, 1.82) is 0 Å². The summed E-state index contributed by atoms with van der Waals surface area (Å²) in [5.74, 6) is -0.934. The highest BCUT2D eigenvalue weighted by atomic mass is 19.1. The molecule has 1 unspecified atom stereocenters. The average molecular weight is 197 g/mol. The predicted octanol–water partition coefficient (Wildman–Crippen LogP) is 0.0502. The van der Waals surface area contributed by atoms with E-state index >= 15 is 0 Å². The zero-order chi connectivity index (χ0) is 10.6. The maximum absolute atomic E-state index is 12.7. The van der Waals surface area contributed by atoms with Crippen molar-refractivity contribution in [3.8, 4) is 0 Å². The fraction of sp³-hybridized carbons (Fsp3) is 0.222. The molecule has 0 aliphatic rings. The zero-order valence-corrected chi connectivity index (χ0v) is 7.53. The van der Waals surface area contributed by atoms with Crippen LogP contribution >= 0.6 is 0 Å². The first-order chi connectivity index (χ1) is 6.59. The molecular formula is C9H12FN3O. The number of halogens is 1. The summed E-state index contributed by atoms with van der Waals surface area (Å²) in [4.78, 5) is 10.6. The molecule has 1 atom stereocenters. The number of carbonyl (C=O) groups is 1. The van der Waals surface area contributed by atoms with E-state index < -0.39 is 11.9 Å². The van der Waals surface area contributed by atoms with E-state index in [1.807, 2.05) is 0 Å². The summed E-state index contributed by atoms with van der Waals surface area (Å²) in [5, 5.41) is 2.80. The van der Waals surface area contributed by atoms with Gasteiger partial charge < -0.3 is 16.8 Å². The van der Waals surface area contributed by atoms with Crippen LogP contribution in [0, 0.1) is 5.82 Å². The minimum atomic E-state index is -0.765. The molecule has 1 aromatic rings. The molecule has 5 heteroatoms. The molecular weight excluding hydrogens is 185 g/mol. The van der Waals surface area contributed by atoms with Gasteiger partial charge in [-0.15, -0.1) is 0 Å². The van der Waals surface area contributed by atoms with E-state index in [4.69, 9.17) is 11.5 Å². The van der Waals surface area contributed by atoms with Crippen molar-refractivity contribution in [1.82, 2.24) is 0 Å². The number of primary amides is 1. The van der Waals surface area contributed by atoms with Gasteiger partial charge in [0.15, 0.2) is 0 Å². The molecule has 0 saturated heterocycles. The summed E-state index contributed by atoms with van der Waals surface area (Å²) in [6, 6.07) is 5.12.